The van der Waals surface area contributed by atoms with Crippen LogP contribution in [-0.2, 0) is 9.47 Å². The van der Waals surface area contributed by atoms with E-state index in [4.69, 9.17) is 14.5 Å². The highest BCUT2D eigenvalue weighted by Gasteiger charge is 2.25. The van der Waals surface area contributed by atoms with Gasteiger partial charge in [0, 0.05) is 56.8 Å². The molecule has 1 atom stereocenters. The molecule has 0 saturated carbocycles. The van der Waals surface area contributed by atoms with Gasteiger partial charge in [0.1, 0.15) is 6.23 Å². The molecule has 8 nitrogen and oxygen atoms in total. The molecule has 2 aliphatic heterocycles. The van der Waals surface area contributed by atoms with Crippen molar-refractivity contribution in [2.75, 3.05) is 75.2 Å². The molecule has 1 unspecified atom stereocenters. The molecule has 178 valence electrons. The molecule has 3 aromatic rings. The zero-order valence-electron chi connectivity index (χ0n) is 19.9. The molecule has 3 heterocycles. The first-order chi connectivity index (χ1) is 16.7. The Morgan fingerprint density at radius 1 is 0.971 bits per heavy atom. The van der Waals surface area contributed by atoms with Crippen LogP contribution in [0.2, 0.25) is 0 Å². The Morgan fingerprint density at radius 2 is 1.74 bits per heavy atom. The van der Waals surface area contributed by atoms with Crippen molar-refractivity contribution in [1.29, 1.82) is 0 Å². The number of anilines is 4. The van der Waals surface area contributed by atoms with Gasteiger partial charge in [-0.1, -0.05) is 30.3 Å². The van der Waals surface area contributed by atoms with Crippen LogP contribution in [0.15, 0.2) is 60.8 Å². The average molecular weight is 461 g/mol. The summed E-state index contributed by atoms with van der Waals surface area (Å²) in [6.45, 7) is 5.97. The van der Waals surface area contributed by atoms with Crippen LogP contribution in [0.25, 0.3) is 11.3 Å². The van der Waals surface area contributed by atoms with Gasteiger partial charge < -0.3 is 29.5 Å². The van der Waals surface area contributed by atoms with Crippen LogP contribution >= 0.6 is 0 Å². The van der Waals surface area contributed by atoms with Crippen LogP contribution < -0.4 is 15.1 Å². The minimum absolute atomic E-state index is 0.0575. The number of nitrogens with zero attached hydrogens (tertiary/aromatic N) is 5. The van der Waals surface area contributed by atoms with Gasteiger partial charge in [-0.25, -0.2) is 9.97 Å². The summed E-state index contributed by atoms with van der Waals surface area (Å²) in [5.74, 6) is 0.581. The second kappa shape index (κ2) is 10.4. The van der Waals surface area contributed by atoms with E-state index in [1.165, 1.54) is 0 Å². The number of ether oxygens (including phenoxy) is 2. The fourth-order valence-electron chi connectivity index (χ4n) is 4.52. The average Bonchev–Trinajstić information content (AvgIpc) is 2.90. The molecule has 0 spiro atoms. The summed E-state index contributed by atoms with van der Waals surface area (Å²) in [6.07, 6.45) is 1.98. The number of piperazine rings is 1. The van der Waals surface area contributed by atoms with Crippen molar-refractivity contribution in [3.8, 4) is 11.3 Å². The summed E-state index contributed by atoms with van der Waals surface area (Å²) in [7, 11) is 3.90. The summed E-state index contributed by atoms with van der Waals surface area (Å²) in [5.41, 5.74) is 5.14. The molecule has 2 aromatic carbocycles. The number of hydrogen-bond donors (Lipinski definition) is 1. The number of benzene rings is 2. The highest BCUT2D eigenvalue weighted by atomic mass is 16.5. The molecular formula is C26H32N6O2. The van der Waals surface area contributed by atoms with Crippen molar-refractivity contribution in [3.05, 3.63) is 60.8 Å². The third kappa shape index (κ3) is 4.99. The Bertz CT molecular complexity index is 1070. The van der Waals surface area contributed by atoms with Crippen molar-refractivity contribution in [1.82, 2.24) is 14.9 Å². The van der Waals surface area contributed by atoms with Crippen LogP contribution in [0.3, 0.4) is 0 Å². The highest BCUT2D eigenvalue weighted by molar-refractivity contribution is 5.76. The largest absolute Gasteiger partial charge is 0.378 e. The monoisotopic (exact) mass is 460 g/mol. The maximum atomic E-state index is 5.71. The standard InChI is InChI=1S/C26H32N6O2/c1-30-12-13-32(24(19-30)33-2)22-10-8-21(9-11-22)28-26-27-18-23(31-14-16-34-17-15-31)25(29-26)20-6-4-3-5-7-20/h3-11,18,24H,12-17,19H2,1-2H3,(H,27,28,29). The molecule has 0 bridgehead atoms. The molecule has 2 saturated heterocycles. The lowest BCUT2D eigenvalue weighted by Crippen LogP contribution is -2.52. The van der Waals surface area contributed by atoms with Gasteiger partial charge in [-0.05, 0) is 31.3 Å². The number of aromatic nitrogens is 2. The fraction of sp³-hybridized carbons (Fsp3) is 0.385. The van der Waals surface area contributed by atoms with Gasteiger partial charge in [-0.3, -0.25) is 0 Å². The maximum Gasteiger partial charge on any atom is 0.227 e. The Hall–Kier alpha value is -3.20. The molecule has 2 aliphatic rings. The lowest BCUT2D eigenvalue weighted by atomic mass is 10.1. The first-order valence-electron chi connectivity index (χ1n) is 11.8. The third-order valence-corrected chi connectivity index (χ3v) is 6.43. The van der Waals surface area contributed by atoms with Gasteiger partial charge in [-0.2, -0.15) is 0 Å². The smallest absolute Gasteiger partial charge is 0.227 e. The minimum Gasteiger partial charge on any atom is -0.378 e. The number of likely N-dealkylation sites (N-methyl/N-ethyl adjacent to an activating group) is 1. The number of hydrogen-bond acceptors (Lipinski definition) is 8. The topological polar surface area (TPSA) is 66.0 Å². The van der Waals surface area contributed by atoms with E-state index in [0.717, 1.165) is 74.3 Å². The Kier molecular flexibility index (Phi) is 6.89. The van der Waals surface area contributed by atoms with Gasteiger partial charge in [0.15, 0.2) is 0 Å². The van der Waals surface area contributed by atoms with Gasteiger partial charge in [0.2, 0.25) is 5.95 Å². The molecule has 0 amide bonds. The van der Waals surface area contributed by atoms with Crippen LogP contribution in [0.1, 0.15) is 0 Å². The molecule has 5 rings (SSSR count). The molecule has 0 radical (unpaired) electrons. The van der Waals surface area contributed by atoms with Crippen LogP contribution in [0.5, 0.6) is 0 Å². The fourth-order valence-corrected chi connectivity index (χ4v) is 4.52. The second-order valence-corrected chi connectivity index (χ2v) is 8.71. The quantitative estimate of drug-likeness (QED) is 0.600. The second-order valence-electron chi connectivity index (χ2n) is 8.71. The lowest BCUT2D eigenvalue weighted by molar-refractivity contribution is 0.0498. The van der Waals surface area contributed by atoms with Crippen molar-refractivity contribution in [3.63, 3.8) is 0 Å². The van der Waals surface area contributed by atoms with Crippen molar-refractivity contribution in [2.24, 2.45) is 0 Å². The lowest BCUT2D eigenvalue weighted by Gasteiger charge is -2.40. The number of nitrogens with one attached hydrogen (secondary N) is 1. The van der Waals surface area contributed by atoms with E-state index in [9.17, 15) is 0 Å². The molecule has 1 N–H and O–H groups in total. The molecular weight excluding hydrogens is 428 g/mol. The SMILES string of the molecule is COC1CN(C)CCN1c1ccc(Nc2ncc(N3CCOCC3)c(-c3ccccc3)n2)cc1. The van der Waals surface area contributed by atoms with E-state index in [1.54, 1.807) is 7.11 Å². The predicted molar refractivity (Wildman–Crippen MR) is 136 cm³/mol. The number of rotatable bonds is 6. The Morgan fingerprint density at radius 3 is 2.47 bits per heavy atom. The van der Waals surface area contributed by atoms with Crippen molar-refractivity contribution in [2.45, 2.75) is 6.23 Å². The van der Waals surface area contributed by atoms with Crippen LogP contribution in [-0.4, -0.2) is 81.2 Å². The first-order valence-corrected chi connectivity index (χ1v) is 11.8. The zero-order chi connectivity index (χ0) is 23.3. The van der Waals surface area contributed by atoms with Crippen molar-refractivity contribution < 1.29 is 9.47 Å². The maximum absolute atomic E-state index is 5.71. The third-order valence-electron chi connectivity index (χ3n) is 6.43. The van der Waals surface area contributed by atoms with Gasteiger partial charge in [0.05, 0.1) is 30.8 Å². The first kappa shape index (κ1) is 22.6. The minimum atomic E-state index is 0.0575. The summed E-state index contributed by atoms with van der Waals surface area (Å²) >= 11 is 0. The number of methoxy groups -OCH3 is 1. The highest BCUT2D eigenvalue weighted by Crippen LogP contribution is 2.31. The normalized spacial score (nSPS) is 19.3. The Balaban J connectivity index is 1.37. The molecule has 8 heteroatoms. The molecule has 34 heavy (non-hydrogen) atoms. The van der Waals surface area contributed by atoms with Crippen LogP contribution in [0.4, 0.5) is 23.0 Å². The van der Waals surface area contributed by atoms with E-state index in [-0.39, 0.29) is 6.23 Å². The van der Waals surface area contributed by atoms with E-state index >= 15 is 0 Å². The van der Waals surface area contributed by atoms with E-state index in [0.29, 0.717) is 5.95 Å². The molecule has 1 aromatic heterocycles. The summed E-state index contributed by atoms with van der Waals surface area (Å²) in [6, 6.07) is 18.7. The molecule has 0 aliphatic carbocycles. The van der Waals surface area contributed by atoms with Gasteiger partial charge in [0.25, 0.3) is 0 Å². The van der Waals surface area contributed by atoms with Gasteiger partial charge in [-0.15, -0.1) is 0 Å². The van der Waals surface area contributed by atoms with E-state index < -0.39 is 0 Å². The predicted octanol–water partition coefficient (Wildman–Crippen LogP) is 3.45. The zero-order valence-corrected chi connectivity index (χ0v) is 19.9. The number of morpholine rings is 1. The summed E-state index contributed by atoms with van der Waals surface area (Å²) in [4.78, 5) is 16.5. The van der Waals surface area contributed by atoms with E-state index in [2.05, 4.69) is 68.4 Å². The summed E-state index contributed by atoms with van der Waals surface area (Å²) < 4.78 is 11.2. The van der Waals surface area contributed by atoms with Gasteiger partial charge >= 0.3 is 0 Å². The van der Waals surface area contributed by atoms with E-state index in [1.807, 2.05) is 24.4 Å². The summed E-state index contributed by atoms with van der Waals surface area (Å²) in [5, 5.41) is 3.38. The van der Waals surface area contributed by atoms with Crippen LogP contribution in [0, 0.1) is 0 Å². The van der Waals surface area contributed by atoms with Crippen molar-refractivity contribution >= 4 is 23.0 Å². The molecule has 2 fully saturated rings. The Labute approximate surface area is 201 Å².